The van der Waals surface area contributed by atoms with E-state index < -0.39 is 26.4 Å². The molecule has 0 saturated heterocycles. The Kier molecular flexibility index (Phi) is 3.74. The number of rotatable bonds is 4. The molecule has 16 heavy (non-hydrogen) atoms. The summed E-state index contributed by atoms with van der Waals surface area (Å²) < 4.78 is 48.8. The predicted octanol–water partition coefficient (Wildman–Crippen LogP) is 1.50. The molecule has 0 aliphatic carbocycles. The summed E-state index contributed by atoms with van der Waals surface area (Å²) in [7, 11) is -3.78. The second-order valence-electron chi connectivity index (χ2n) is 3.35. The van der Waals surface area contributed by atoms with Crippen molar-refractivity contribution in [1.82, 2.24) is 0 Å². The van der Waals surface area contributed by atoms with Crippen LogP contribution in [0.15, 0.2) is 17.0 Å². The van der Waals surface area contributed by atoms with E-state index in [1.165, 1.54) is 0 Å². The molecule has 0 heterocycles. The van der Waals surface area contributed by atoms with Crippen LogP contribution in [0, 0.1) is 11.6 Å². The molecule has 0 N–H and O–H groups in total. The van der Waals surface area contributed by atoms with E-state index in [2.05, 4.69) is 0 Å². The van der Waals surface area contributed by atoms with Crippen molar-refractivity contribution in [3.63, 3.8) is 0 Å². The van der Waals surface area contributed by atoms with Crippen LogP contribution >= 0.6 is 0 Å². The third-order valence-electron chi connectivity index (χ3n) is 2.03. The molecule has 0 saturated carbocycles. The van der Waals surface area contributed by atoms with E-state index in [-0.39, 0.29) is 18.4 Å². The topological polar surface area (TPSA) is 51.2 Å². The first-order chi connectivity index (χ1) is 7.36. The van der Waals surface area contributed by atoms with E-state index in [1.807, 2.05) is 0 Å². The standard InChI is InChI=1S/C10H10F2O3S/c1-16(14,15)10-6-8(11)7(3-2-4-13)5-9(10)12/h4-6H,2-3H2,1H3. The smallest absolute Gasteiger partial charge is 0.178 e. The van der Waals surface area contributed by atoms with Gasteiger partial charge in [-0.3, -0.25) is 0 Å². The highest BCUT2D eigenvalue weighted by molar-refractivity contribution is 7.90. The summed E-state index contributed by atoms with van der Waals surface area (Å²) in [4.78, 5) is 9.42. The average Bonchev–Trinajstić information content (AvgIpc) is 2.17. The molecule has 0 aromatic heterocycles. The van der Waals surface area contributed by atoms with Crippen LogP contribution in [0.2, 0.25) is 0 Å². The van der Waals surface area contributed by atoms with Crippen LogP contribution in [0.25, 0.3) is 0 Å². The first-order valence-corrected chi connectivity index (χ1v) is 6.37. The van der Waals surface area contributed by atoms with Crippen LogP contribution in [0.4, 0.5) is 8.78 Å². The van der Waals surface area contributed by atoms with Crippen molar-refractivity contribution >= 4 is 16.1 Å². The minimum atomic E-state index is -3.78. The zero-order chi connectivity index (χ0) is 12.3. The van der Waals surface area contributed by atoms with Crippen LogP contribution in [0.5, 0.6) is 0 Å². The number of benzene rings is 1. The maximum atomic E-state index is 13.3. The van der Waals surface area contributed by atoms with Gasteiger partial charge in [-0.1, -0.05) is 0 Å². The van der Waals surface area contributed by atoms with Gasteiger partial charge in [-0.15, -0.1) is 0 Å². The third-order valence-corrected chi connectivity index (χ3v) is 3.14. The van der Waals surface area contributed by atoms with Gasteiger partial charge in [0.25, 0.3) is 0 Å². The summed E-state index contributed by atoms with van der Waals surface area (Å²) in [5.41, 5.74) is -0.00278. The second kappa shape index (κ2) is 4.69. The van der Waals surface area contributed by atoms with Gasteiger partial charge in [0, 0.05) is 12.7 Å². The molecule has 3 nitrogen and oxygen atoms in total. The number of sulfone groups is 1. The molecule has 0 amide bonds. The fraction of sp³-hybridized carbons (Fsp3) is 0.300. The fourth-order valence-corrected chi connectivity index (χ4v) is 1.99. The van der Waals surface area contributed by atoms with E-state index in [1.54, 1.807) is 0 Å². The molecule has 0 spiro atoms. The molecule has 0 radical (unpaired) electrons. The Morgan fingerprint density at radius 1 is 1.25 bits per heavy atom. The molecule has 1 aromatic rings. The maximum Gasteiger partial charge on any atom is 0.178 e. The monoisotopic (exact) mass is 248 g/mol. The maximum absolute atomic E-state index is 13.3. The molecule has 6 heteroatoms. The van der Waals surface area contributed by atoms with Gasteiger partial charge in [0.15, 0.2) is 9.84 Å². The summed E-state index contributed by atoms with van der Waals surface area (Å²) in [6.07, 6.45) is 1.50. The number of hydrogen-bond donors (Lipinski definition) is 0. The lowest BCUT2D eigenvalue weighted by Gasteiger charge is -2.05. The highest BCUT2D eigenvalue weighted by Gasteiger charge is 2.17. The quantitative estimate of drug-likeness (QED) is 0.759. The van der Waals surface area contributed by atoms with Crippen molar-refractivity contribution in [2.24, 2.45) is 0 Å². The second-order valence-corrected chi connectivity index (χ2v) is 5.34. The van der Waals surface area contributed by atoms with E-state index in [0.29, 0.717) is 12.4 Å². The molecule has 0 atom stereocenters. The molecule has 0 aliphatic rings. The zero-order valence-corrected chi connectivity index (χ0v) is 9.35. The molecule has 1 aromatic carbocycles. The van der Waals surface area contributed by atoms with Gasteiger partial charge in [0.2, 0.25) is 0 Å². The Morgan fingerprint density at radius 3 is 2.38 bits per heavy atom. The van der Waals surface area contributed by atoms with Gasteiger partial charge >= 0.3 is 0 Å². The summed E-state index contributed by atoms with van der Waals surface area (Å²) in [5, 5.41) is 0. The number of aldehydes is 1. The molecule has 88 valence electrons. The van der Waals surface area contributed by atoms with Crippen molar-refractivity contribution in [2.75, 3.05) is 6.26 Å². The van der Waals surface area contributed by atoms with Crippen molar-refractivity contribution in [3.8, 4) is 0 Å². The normalized spacial score (nSPS) is 11.4. The van der Waals surface area contributed by atoms with Crippen LogP contribution in [-0.4, -0.2) is 21.0 Å². The molecule has 1 rings (SSSR count). The number of carbonyl (C=O) groups is 1. The van der Waals surface area contributed by atoms with Gasteiger partial charge in [-0.25, -0.2) is 17.2 Å². The Morgan fingerprint density at radius 2 is 1.88 bits per heavy atom. The molecular weight excluding hydrogens is 238 g/mol. The van der Waals surface area contributed by atoms with Crippen LogP contribution in [0.1, 0.15) is 12.0 Å². The Hall–Kier alpha value is -1.30. The number of hydrogen-bond acceptors (Lipinski definition) is 3. The molecular formula is C10H10F2O3S. The van der Waals surface area contributed by atoms with E-state index in [4.69, 9.17) is 0 Å². The lowest BCUT2D eigenvalue weighted by Crippen LogP contribution is -2.04. The Labute approximate surface area is 92.0 Å². The van der Waals surface area contributed by atoms with E-state index in [0.717, 1.165) is 12.3 Å². The van der Waals surface area contributed by atoms with Gasteiger partial charge in [0.05, 0.1) is 0 Å². The first kappa shape index (κ1) is 12.8. The zero-order valence-electron chi connectivity index (χ0n) is 8.54. The predicted molar refractivity (Wildman–Crippen MR) is 53.9 cm³/mol. The van der Waals surface area contributed by atoms with Crippen LogP contribution < -0.4 is 0 Å². The average molecular weight is 248 g/mol. The van der Waals surface area contributed by atoms with Crippen molar-refractivity contribution < 1.29 is 22.0 Å². The van der Waals surface area contributed by atoms with Gasteiger partial charge in [0.1, 0.15) is 22.8 Å². The summed E-state index contributed by atoms with van der Waals surface area (Å²) in [6, 6.07) is 1.46. The summed E-state index contributed by atoms with van der Waals surface area (Å²) in [6.45, 7) is 0. The largest absolute Gasteiger partial charge is 0.303 e. The Bertz CT molecular complexity index is 509. The first-order valence-electron chi connectivity index (χ1n) is 4.48. The lowest BCUT2D eigenvalue weighted by molar-refractivity contribution is -0.107. The third kappa shape index (κ3) is 2.85. The minimum Gasteiger partial charge on any atom is -0.303 e. The molecule has 0 aliphatic heterocycles. The highest BCUT2D eigenvalue weighted by Crippen LogP contribution is 2.20. The highest BCUT2D eigenvalue weighted by atomic mass is 32.2. The van der Waals surface area contributed by atoms with Gasteiger partial charge in [-0.2, -0.15) is 0 Å². The fourth-order valence-electron chi connectivity index (χ4n) is 1.26. The summed E-state index contributed by atoms with van der Waals surface area (Å²) >= 11 is 0. The number of carbonyl (C=O) groups excluding carboxylic acids is 1. The van der Waals surface area contributed by atoms with Gasteiger partial charge < -0.3 is 4.79 Å². The van der Waals surface area contributed by atoms with Crippen molar-refractivity contribution in [1.29, 1.82) is 0 Å². The molecule has 0 fully saturated rings. The minimum absolute atomic E-state index is 0.00278. The van der Waals surface area contributed by atoms with Crippen LogP contribution in [-0.2, 0) is 21.1 Å². The lowest BCUT2D eigenvalue weighted by atomic mass is 10.1. The summed E-state index contributed by atoms with van der Waals surface area (Å²) in [5.74, 6) is -1.81. The number of halogens is 2. The number of aryl methyl sites for hydroxylation is 1. The van der Waals surface area contributed by atoms with E-state index >= 15 is 0 Å². The SMILES string of the molecule is CS(=O)(=O)c1cc(F)c(CCC=O)cc1F. The van der Waals surface area contributed by atoms with Crippen molar-refractivity contribution in [3.05, 3.63) is 29.3 Å². The van der Waals surface area contributed by atoms with Gasteiger partial charge in [-0.05, 0) is 24.1 Å². The van der Waals surface area contributed by atoms with Crippen LogP contribution in [0.3, 0.4) is 0 Å². The Balaban J connectivity index is 3.22. The van der Waals surface area contributed by atoms with Crippen molar-refractivity contribution in [2.45, 2.75) is 17.7 Å². The van der Waals surface area contributed by atoms with E-state index in [9.17, 15) is 22.0 Å². The molecule has 0 unspecified atom stereocenters. The molecule has 0 bridgehead atoms.